The molecule has 1 aromatic rings. The molecule has 2 rings (SSSR count). The first-order valence-electron chi connectivity index (χ1n) is 7.00. The Morgan fingerprint density at radius 3 is 2.50 bits per heavy atom. The summed E-state index contributed by atoms with van der Waals surface area (Å²) in [4.78, 5) is 4.02. The molecule has 0 aromatic carbocycles. The maximum absolute atomic E-state index is 10.6. The van der Waals surface area contributed by atoms with Crippen molar-refractivity contribution < 1.29 is 5.11 Å². The van der Waals surface area contributed by atoms with Gasteiger partial charge in [0, 0.05) is 0 Å². The van der Waals surface area contributed by atoms with Crippen molar-refractivity contribution in [1.29, 1.82) is 0 Å². The van der Waals surface area contributed by atoms with Crippen LogP contribution < -0.4 is 0 Å². The summed E-state index contributed by atoms with van der Waals surface area (Å²) in [6.45, 7) is 6.24. The highest BCUT2D eigenvalue weighted by Crippen LogP contribution is 2.37. The Morgan fingerprint density at radius 1 is 1.33 bits per heavy atom. The second-order valence-electron chi connectivity index (χ2n) is 6.64. The summed E-state index contributed by atoms with van der Waals surface area (Å²) in [5.41, 5.74) is -0.130. The van der Waals surface area contributed by atoms with Crippen molar-refractivity contribution in [2.75, 3.05) is 0 Å². The van der Waals surface area contributed by atoms with E-state index in [0.717, 1.165) is 12.3 Å². The molecule has 0 saturated heterocycles. The standard InChI is InChI=1S/C14H25N3O/c1-14(2,3)13(18)12(17-10-15-9-16-17)8-11-6-4-5-7-11/h9-13,18H,4-8H2,1-3H3. The van der Waals surface area contributed by atoms with Gasteiger partial charge in [-0.2, -0.15) is 5.10 Å². The normalized spacial score (nSPS) is 21.1. The Kier molecular flexibility index (Phi) is 4.05. The largest absolute Gasteiger partial charge is 0.390 e. The van der Waals surface area contributed by atoms with Crippen LogP contribution in [0.1, 0.15) is 58.9 Å². The lowest BCUT2D eigenvalue weighted by Crippen LogP contribution is -2.36. The third-order valence-electron chi connectivity index (χ3n) is 4.08. The molecule has 18 heavy (non-hydrogen) atoms. The van der Waals surface area contributed by atoms with Crippen molar-refractivity contribution in [3.8, 4) is 0 Å². The molecule has 0 bridgehead atoms. The van der Waals surface area contributed by atoms with Crippen molar-refractivity contribution in [3.05, 3.63) is 12.7 Å². The molecular weight excluding hydrogens is 226 g/mol. The Balaban J connectivity index is 2.12. The van der Waals surface area contributed by atoms with Gasteiger partial charge >= 0.3 is 0 Å². The average Bonchev–Trinajstić information content (AvgIpc) is 2.96. The van der Waals surface area contributed by atoms with Gasteiger partial charge in [-0.25, -0.2) is 9.67 Å². The topological polar surface area (TPSA) is 50.9 Å². The fraction of sp³-hybridized carbons (Fsp3) is 0.857. The molecule has 1 saturated carbocycles. The monoisotopic (exact) mass is 251 g/mol. The first-order chi connectivity index (χ1) is 8.48. The van der Waals surface area contributed by atoms with Crippen LogP contribution in [0.5, 0.6) is 0 Å². The number of nitrogens with zero attached hydrogens (tertiary/aromatic N) is 3. The van der Waals surface area contributed by atoms with E-state index < -0.39 is 0 Å². The smallest absolute Gasteiger partial charge is 0.137 e. The SMILES string of the molecule is CC(C)(C)C(O)C(CC1CCCC1)n1cncn1. The minimum Gasteiger partial charge on any atom is -0.390 e. The third kappa shape index (κ3) is 3.10. The molecule has 1 aliphatic rings. The van der Waals surface area contributed by atoms with E-state index in [1.807, 2.05) is 4.68 Å². The Bertz CT molecular complexity index is 350. The number of aliphatic hydroxyl groups excluding tert-OH is 1. The fourth-order valence-corrected chi connectivity index (χ4v) is 2.93. The first-order valence-corrected chi connectivity index (χ1v) is 7.00. The zero-order chi connectivity index (χ0) is 13.2. The molecule has 0 aliphatic heterocycles. The second-order valence-corrected chi connectivity index (χ2v) is 6.64. The van der Waals surface area contributed by atoms with E-state index in [1.54, 1.807) is 12.7 Å². The highest BCUT2D eigenvalue weighted by molar-refractivity contribution is 4.86. The lowest BCUT2D eigenvalue weighted by molar-refractivity contribution is 0.00385. The van der Waals surface area contributed by atoms with Crippen LogP contribution in [-0.4, -0.2) is 26.0 Å². The Hall–Kier alpha value is -0.900. The molecule has 1 aliphatic carbocycles. The average molecular weight is 251 g/mol. The van der Waals surface area contributed by atoms with Crippen LogP contribution in [0.3, 0.4) is 0 Å². The van der Waals surface area contributed by atoms with Crippen molar-refractivity contribution >= 4 is 0 Å². The highest BCUT2D eigenvalue weighted by Gasteiger charge is 2.34. The van der Waals surface area contributed by atoms with Crippen LogP contribution >= 0.6 is 0 Å². The molecule has 1 aromatic heterocycles. The summed E-state index contributed by atoms with van der Waals surface area (Å²) in [6.07, 6.45) is 9.16. The molecular formula is C14H25N3O. The number of rotatable bonds is 4. The summed E-state index contributed by atoms with van der Waals surface area (Å²) >= 11 is 0. The summed E-state index contributed by atoms with van der Waals surface area (Å²) in [7, 11) is 0. The van der Waals surface area contributed by atoms with Gasteiger partial charge in [0.15, 0.2) is 0 Å². The van der Waals surface area contributed by atoms with Crippen LogP contribution in [-0.2, 0) is 0 Å². The summed E-state index contributed by atoms with van der Waals surface area (Å²) in [5, 5.41) is 14.8. The van der Waals surface area contributed by atoms with E-state index in [-0.39, 0.29) is 17.6 Å². The number of aliphatic hydroxyl groups is 1. The van der Waals surface area contributed by atoms with Crippen LogP contribution in [0, 0.1) is 11.3 Å². The maximum Gasteiger partial charge on any atom is 0.137 e. The Labute approximate surface area is 109 Å². The van der Waals surface area contributed by atoms with E-state index in [0.29, 0.717) is 0 Å². The van der Waals surface area contributed by atoms with Gasteiger partial charge in [0.25, 0.3) is 0 Å². The Morgan fingerprint density at radius 2 is 2.00 bits per heavy atom. The van der Waals surface area contributed by atoms with E-state index >= 15 is 0 Å². The summed E-state index contributed by atoms with van der Waals surface area (Å²) < 4.78 is 1.84. The van der Waals surface area contributed by atoms with Gasteiger partial charge in [0.2, 0.25) is 0 Å². The minimum absolute atomic E-state index is 0.0515. The zero-order valence-electron chi connectivity index (χ0n) is 11.7. The van der Waals surface area contributed by atoms with Crippen molar-refractivity contribution in [3.63, 3.8) is 0 Å². The van der Waals surface area contributed by atoms with Crippen LogP contribution in [0.25, 0.3) is 0 Å². The number of hydrogen-bond donors (Lipinski definition) is 1. The minimum atomic E-state index is -0.389. The quantitative estimate of drug-likeness (QED) is 0.895. The third-order valence-corrected chi connectivity index (χ3v) is 4.08. The van der Waals surface area contributed by atoms with E-state index in [2.05, 4.69) is 30.9 Å². The molecule has 2 atom stereocenters. The lowest BCUT2D eigenvalue weighted by atomic mass is 9.81. The maximum atomic E-state index is 10.6. The molecule has 102 valence electrons. The van der Waals surface area contributed by atoms with E-state index in [4.69, 9.17) is 0 Å². The predicted molar refractivity (Wildman–Crippen MR) is 71.1 cm³/mol. The number of aromatic nitrogens is 3. The fourth-order valence-electron chi connectivity index (χ4n) is 2.93. The zero-order valence-corrected chi connectivity index (χ0v) is 11.7. The summed E-state index contributed by atoms with van der Waals surface area (Å²) in [6, 6.07) is 0.0515. The molecule has 2 unspecified atom stereocenters. The second kappa shape index (κ2) is 5.39. The molecule has 0 amide bonds. The first kappa shape index (κ1) is 13.5. The van der Waals surface area contributed by atoms with Crippen LogP contribution in [0.15, 0.2) is 12.7 Å². The van der Waals surface area contributed by atoms with Crippen LogP contribution in [0.2, 0.25) is 0 Å². The van der Waals surface area contributed by atoms with Crippen molar-refractivity contribution in [1.82, 2.24) is 14.8 Å². The molecule has 1 N–H and O–H groups in total. The van der Waals surface area contributed by atoms with Gasteiger partial charge in [0.1, 0.15) is 12.7 Å². The van der Waals surface area contributed by atoms with Gasteiger partial charge < -0.3 is 5.11 Å². The summed E-state index contributed by atoms with van der Waals surface area (Å²) in [5.74, 6) is 0.733. The number of hydrogen-bond acceptors (Lipinski definition) is 3. The molecule has 0 spiro atoms. The van der Waals surface area contributed by atoms with Gasteiger partial charge in [-0.1, -0.05) is 46.5 Å². The van der Waals surface area contributed by atoms with Crippen molar-refractivity contribution in [2.24, 2.45) is 11.3 Å². The predicted octanol–water partition coefficient (Wildman–Crippen LogP) is 2.81. The van der Waals surface area contributed by atoms with Gasteiger partial charge in [-0.3, -0.25) is 0 Å². The van der Waals surface area contributed by atoms with Crippen molar-refractivity contribution in [2.45, 2.75) is 65.0 Å². The van der Waals surface area contributed by atoms with Gasteiger partial charge in [0.05, 0.1) is 12.1 Å². The van der Waals surface area contributed by atoms with E-state index in [1.165, 1.54) is 25.7 Å². The highest BCUT2D eigenvalue weighted by atomic mass is 16.3. The van der Waals surface area contributed by atoms with Crippen LogP contribution in [0.4, 0.5) is 0 Å². The molecule has 4 nitrogen and oxygen atoms in total. The molecule has 1 fully saturated rings. The molecule has 0 radical (unpaired) electrons. The van der Waals surface area contributed by atoms with Gasteiger partial charge in [-0.05, 0) is 17.8 Å². The lowest BCUT2D eigenvalue weighted by Gasteiger charge is -2.34. The molecule has 1 heterocycles. The van der Waals surface area contributed by atoms with E-state index in [9.17, 15) is 5.11 Å². The van der Waals surface area contributed by atoms with Gasteiger partial charge in [-0.15, -0.1) is 0 Å². The molecule has 4 heteroatoms.